The van der Waals surface area contributed by atoms with Crippen LogP contribution in [0.25, 0.3) is 22.3 Å². The highest BCUT2D eigenvalue weighted by atomic mass is 35.5. The minimum absolute atomic E-state index is 0.147. The summed E-state index contributed by atoms with van der Waals surface area (Å²) in [5.41, 5.74) is 3.27. The van der Waals surface area contributed by atoms with E-state index in [0.29, 0.717) is 34.1 Å². The van der Waals surface area contributed by atoms with Crippen molar-refractivity contribution in [2.75, 3.05) is 13.7 Å². The van der Waals surface area contributed by atoms with Crippen LogP contribution in [0.15, 0.2) is 35.3 Å². The normalized spacial score (nSPS) is 12.1. The van der Waals surface area contributed by atoms with E-state index < -0.39 is 0 Å². The highest BCUT2D eigenvalue weighted by Crippen LogP contribution is 2.33. The molecule has 0 fully saturated rings. The second kappa shape index (κ2) is 7.87. The molecular weight excluding hydrogens is 364 g/mol. The summed E-state index contributed by atoms with van der Waals surface area (Å²) in [6.45, 7) is 4.09. The van der Waals surface area contributed by atoms with Gasteiger partial charge in [-0.05, 0) is 31.5 Å². The molecule has 0 bridgehead atoms. The third-order valence-electron chi connectivity index (χ3n) is 4.52. The van der Waals surface area contributed by atoms with Crippen molar-refractivity contribution in [3.8, 4) is 17.2 Å². The third kappa shape index (κ3) is 3.44. The maximum atomic E-state index is 12.8. The smallest absolute Gasteiger partial charge is 0.273 e. The van der Waals surface area contributed by atoms with E-state index in [9.17, 15) is 4.79 Å². The first-order chi connectivity index (χ1) is 13.0. The summed E-state index contributed by atoms with van der Waals surface area (Å²) >= 11 is 6.41. The lowest BCUT2D eigenvalue weighted by Crippen LogP contribution is -2.30. The van der Waals surface area contributed by atoms with Crippen molar-refractivity contribution in [3.05, 3.63) is 57.1 Å². The topological polar surface area (TPSA) is 80.8 Å². The summed E-state index contributed by atoms with van der Waals surface area (Å²) in [7, 11) is 1.61. The number of methoxy groups -OCH3 is 1. The maximum absolute atomic E-state index is 12.8. The van der Waals surface area contributed by atoms with Crippen molar-refractivity contribution in [3.63, 3.8) is 0 Å². The minimum Gasteiger partial charge on any atom is -0.383 e. The van der Waals surface area contributed by atoms with Gasteiger partial charge in [0.15, 0.2) is 5.65 Å². The Morgan fingerprint density at radius 3 is 2.74 bits per heavy atom. The molecule has 0 radical (unpaired) electrons. The molecule has 3 aromatic rings. The molecule has 1 aromatic carbocycles. The zero-order valence-corrected chi connectivity index (χ0v) is 16.1. The van der Waals surface area contributed by atoms with Gasteiger partial charge in [-0.1, -0.05) is 24.6 Å². The van der Waals surface area contributed by atoms with E-state index in [2.05, 4.69) is 16.0 Å². The number of nitrogens with zero attached hydrogens (tertiary/aromatic N) is 4. The van der Waals surface area contributed by atoms with Crippen molar-refractivity contribution < 1.29 is 4.74 Å². The largest absolute Gasteiger partial charge is 0.383 e. The molecule has 0 saturated heterocycles. The van der Waals surface area contributed by atoms with Crippen LogP contribution in [-0.4, -0.2) is 28.3 Å². The molecule has 7 heteroatoms. The second-order valence-corrected chi connectivity index (χ2v) is 6.63. The first-order valence-electron chi connectivity index (χ1n) is 8.58. The molecule has 0 aliphatic carbocycles. The highest BCUT2D eigenvalue weighted by Gasteiger charge is 2.20. The molecule has 6 nitrogen and oxygen atoms in total. The fourth-order valence-electron chi connectivity index (χ4n) is 3.14. The van der Waals surface area contributed by atoms with Crippen molar-refractivity contribution in [1.82, 2.24) is 14.5 Å². The van der Waals surface area contributed by atoms with Gasteiger partial charge >= 0.3 is 0 Å². The number of benzene rings is 1. The Labute approximate surface area is 162 Å². The van der Waals surface area contributed by atoms with Gasteiger partial charge in [0.25, 0.3) is 5.56 Å². The molecule has 0 amide bonds. The summed E-state index contributed by atoms with van der Waals surface area (Å²) in [6.07, 6.45) is 2.36. The molecule has 1 atom stereocenters. The van der Waals surface area contributed by atoms with Crippen LogP contribution in [0, 0.1) is 18.3 Å². The van der Waals surface area contributed by atoms with Gasteiger partial charge in [-0.25, -0.2) is 9.97 Å². The number of fused-ring (bicyclic) bond motifs is 1. The number of pyridine rings is 1. The van der Waals surface area contributed by atoms with Crippen LogP contribution in [0.1, 0.15) is 30.6 Å². The Morgan fingerprint density at radius 1 is 1.33 bits per heavy atom. The molecule has 0 spiro atoms. The van der Waals surface area contributed by atoms with Gasteiger partial charge in [0.1, 0.15) is 11.2 Å². The first-order valence-corrected chi connectivity index (χ1v) is 8.96. The average molecular weight is 383 g/mol. The van der Waals surface area contributed by atoms with E-state index in [1.54, 1.807) is 43.0 Å². The molecule has 0 saturated carbocycles. The van der Waals surface area contributed by atoms with Gasteiger partial charge in [0, 0.05) is 29.5 Å². The lowest BCUT2D eigenvalue weighted by Gasteiger charge is -2.20. The van der Waals surface area contributed by atoms with Crippen molar-refractivity contribution in [2.24, 2.45) is 0 Å². The van der Waals surface area contributed by atoms with Gasteiger partial charge in [-0.2, -0.15) is 5.26 Å². The molecule has 0 N–H and O–H groups in total. The summed E-state index contributed by atoms with van der Waals surface area (Å²) in [4.78, 5) is 21.7. The number of hydrogen-bond acceptors (Lipinski definition) is 5. The fourth-order valence-corrected chi connectivity index (χ4v) is 3.42. The summed E-state index contributed by atoms with van der Waals surface area (Å²) in [5.74, 6) is 0. The fraction of sp³-hybridized carbons (Fsp3) is 0.300. The quantitative estimate of drug-likeness (QED) is 0.668. The van der Waals surface area contributed by atoms with Crippen LogP contribution in [0.4, 0.5) is 0 Å². The Balaban J connectivity index is 2.34. The van der Waals surface area contributed by atoms with E-state index in [-0.39, 0.29) is 11.6 Å². The van der Waals surface area contributed by atoms with Crippen molar-refractivity contribution in [1.29, 1.82) is 5.26 Å². The van der Waals surface area contributed by atoms with E-state index in [1.165, 1.54) is 0 Å². The Bertz CT molecular complexity index is 1100. The standard InChI is InChI=1S/C20H19ClN4O2/c1-4-14(11-27-3)25-19-18(24-12(2)20(25)26)16(7-8-23-19)15-6-5-13(10-22)9-17(15)21/h5-9,14H,4,11H2,1-3H3. The average Bonchev–Trinajstić information content (AvgIpc) is 2.67. The molecule has 2 aromatic heterocycles. The molecule has 138 valence electrons. The summed E-state index contributed by atoms with van der Waals surface area (Å²) in [6, 6.07) is 8.85. The second-order valence-electron chi connectivity index (χ2n) is 6.23. The molecular formula is C20H19ClN4O2. The molecule has 3 rings (SSSR count). The molecule has 27 heavy (non-hydrogen) atoms. The van der Waals surface area contributed by atoms with Gasteiger partial charge in [0.2, 0.25) is 0 Å². The molecule has 1 unspecified atom stereocenters. The summed E-state index contributed by atoms with van der Waals surface area (Å²) < 4.78 is 6.95. The molecule has 0 aliphatic heterocycles. The van der Waals surface area contributed by atoms with Crippen LogP contribution >= 0.6 is 11.6 Å². The zero-order chi connectivity index (χ0) is 19.6. The predicted octanol–water partition coefficient (Wildman–Crippen LogP) is 3.89. The van der Waals surface area contributed by atoms with Gasteiger partial charge in [-0.3, -0.25) is 9.36 Å². The number of aromatic nitrogens is 3. The van der Waals surface area contributed by atoms with Crippen molar-refractivity contribution >= 4 is 22.8 Å². The lowest BCUT2D eigenvalue weighted by molar-refractivity contribution is 0.153. The Kier molecular flexibility index (Phi) is 5.54. The van der Waals surface area contributed by atoms with Crippen LogP contribution in [0.2, 0.25) is 5.02 Å². The Morgan fingerprint density at radius 2 is 2.11 bits per heavy atom. The highest BCUT2D eigenvalue weighted by molar-refractivity contribution is 6.33. The summed E-state index contributed by atoms with van der Waals surface area (Å²) in [5, 5.41) is 9.50. The monoisotopic (exact) mass is 382 g/mol. The Hall–Kier alpha value is -2.75. The number of halogens is 1. The van der Waals surface area contributed by atoms with E-state index in [0.717, 1.165) is 17.5 Å². The van der Waals surface area contributed by atoms with E-state index >= 15 is 0 Å². The van der Waals surface area contributed by atoms with Gasteiger partial charge < -0.3 is 4.74 Å². The number of hydrogen-bond donors (Lipinski definition) is 0. The first kappa shape index (κ1) is 19.0. The third-order valence-corrected chi connectivity index (χ3v) is 4.84. The van der Waals surface area contributed by atoms with Crippen LogP contribution < -0.4 is 5.56 Å². The van der Waals surface area contributed by atoms with Gasteiger partial charge in [-0.15, -0.1) is 0 Å². The predicted molar refractivity (Wildman–Crippen MR) is 105 cm³/mol. The number of ether oxygens (including phenoxy) is 1. The van der Waals surface area contributed by atoms with Crippen molar-refractivity contribution in [2.45, 2.75) is 26.3 Å². The molecule has 2 heterocycles. The SMILES string of the molecule is CCC(COC)n1c(=O)c(C)nc2c(-c3ccc(C#N)cc3Cl)ccnc21. The lowest BCUT2D eigenvalue weighted by atomic mass is 10.0. The number of rotatable bonds is 5. The number of aryl methyl sites for hydroxylation is 1. The minimum atomic E-state index is -0.179. The van der Waals surface area contributed by atoms with E-state index in [4.69, 9.17) is 21.6 Å². The van der Waals surface area contributed by atoms with Gasteiger partial charge in [0.05, 0.1) is 24.3 Å². The van der Waals surface area contributed by atoms with E-state index in [1.807, 2.05) is 13.0 Å². The van der Waals surface area contributed by atoms with Crippen LogP contribution in [0.3, 0.4) is 0 Å². The van der Waals surface area contributed by atoms with Crippen LogP contribution in [-0.2, 0) is 4.74 Å². The number of nitriles is 1. The zero-order valence-electron chi connectivity index (χ0n) is 15.4. The van der Waals surface area contributed by atoms with Crippen LogP contribution in [0.5, 0.6) is 0 Å². The maximum Gasteiger partial charge on any atom is 0.273 e. The molecule has 0 aliphatic rings.